The number of hydrogen-bond acceptors (Lipinski definition) is 7. The van der Waals surface area contributed by atoms with Crippen molar-refractivity contribution in [3.05, 3.63) is 78.2 Å². The lowest BCUT2D eigenvalue weighted by Gasteiger charge is -2.25. The fourth-order valence-corrected chi connectivity index (χ4v) is 7.52. The number of piperidine rings is 1. The van der Waals surface area contributed by atoms with Crippen molar-refractivity contribution in [1.29, 1.82) is 0 Å². The third-order valence-corrected chi connectivity index (χ3v) is 9.78. The Balaban J connectivity index is 1.01. The van der Waals surface area contributed by atoms with Crippen LogP contribution in [0.15, 0.2) is 66.9 Å². The topological polar surface area (TPSA) is 105 Å². The fraction of sp³-hybridized carbons (Fsp3) is 0.389. The Labute approximate surface area is 281 Å². The number of aryl methyl sites for hydroxylation is 1. The van der Waals surface area contributed by atoms with Crippen LogP contribution < -0.4 is 26.0 Å². The summed E-state index contributed by atoms with van der Waals surface area (Å²) in [5.74, 6) is -0.503. The Morgan fingerprint density at radius 1 is 0.959 bits per heavy atom. The molecule has 0 aliphatic carbocycles. The molecule has 0 bridgehead atoms. The van der Waals surface area contributed by atoms with Gasteiger partial charge in [0.2, 0.25) is 11.8 Å². The number of likely N-dealkylation sites (tertiary alicyclic amines) is 1. The number of nitrogens with two attached hydrogens (primary N) is 1. The van der Waals surface area contributed by atoms with Gasteiger partial charge in [0.05, 0.1) is 5.69 Å². The summed E-state index contributed by atoms with van der Waals surface area (Å²) >= 11 is 0. The van der Waals surface area contributed by atoms with E-state index in [-0.39, 0.29) is 23.9 Å². The number of amides is 2. The summed E-state index contributed by atoms with van der Waals surface area (Å²) < 4.78 is 59.6. The van der Waals surface area contributed by atoms with Crippen molar-refractivity contribution in [2.24, 2.45) is 17.6 Å². The summed E-state index contributed by atoms with van der Waals surface area (Å²) in [6.45, 7) is 5.31. The largest absolute Gasteiger partial charge is 0.573 e. The zero-order valence-electron chi connectivity index (χ0n) is 26.8. The fourth-order valence-electron chi connectivity index (χ4n) is 7.52. The summed E-state index contributed by atoms with van der Waals surface area (Å²) in [5, 5.41) is 6.38. The number of rotatable bonds is 10. The minimum absolute atomic E-state index is 0.248. The van der Waals surface area contributed by atoms with Gasteiger partial charge < -0.3 is 25.3 Å². The smallest absolute Gasteiger partial charge is 0.406 e. The third kappa shape index (κ3) is 7.23. The van der Waals surface area contributed by atoms with Crippen LogP contribution in [-0.4, -0.2) is 66.4 Å². The van der Waals surface area contributed by atoms with E-state index >= 15 is 4.39 Å². The summed E-state index contributed by atoms with van der Waals surface area (Å²) in [7, 11) is 0. The molecule has 2 amide bonds. The first-order valence-corrected chi connectivity index (χ1v) is 16.6. The second kappa shape index (κ2) is 13.4. The second-order valence-corrected chi connectivity index (χ2v) is 13.2. The highest BCUT2D eigenvalue weighted by molar-refractivity contribution is 6.01. The van der Waals surface area contributed by atoms with Crippen molar-refractivity contribution in [2.75, 3.05) is 42.9 Å². The maximum atomic E-state index is 15.3. The minimum Gasteiger partial charge on any atom is -0.406 e. The van der Waals surface area contributed by atoms with E-state index in [0.29, 0.717) is 36.2 Å². The lowest BCUT2D eigenvalue weighted by atomic mass is 10.0. The van der Waals surface area contributed by atoms with Gasteiger partial charge in [-0.05, 0) is 84.8 Å². The van der Waals surface area contributed by atoms with Gasteiger partial charge in [-0.25, -0.2) is 4.39 Å². The van der Waals surface area contributed by atoms with E-state index in [9.17, 15) is 22.8 Å². The molecule has 4 aromatic rings. The quantitative estimate of drug-likeness (QED) is 0.151. The molecule has 3 atom stereocenters. The molecule has 3 aliphatic heterocycles. The first-order chi connectivity index (χ1) is 23.5. The second-order valence-electron chi connectivity index (χ2n) is 13.2. The number of fused-ring (bicyclic) bond motifs is 2. The lowest BCUT2D eigenvalue weighted by molar-refractivity contribution is -0.274. The number of halogens is 4. The van der Waals surface area contributed by atoms with Gasteiger partial charge in [-0.2, -0.15) is 0 Å². The van der Waals surface area contributed by atoms with Gasteiger partial charge in [0.25, 0.3) is 0 Å². The van der Waals surface area contributed by atoms with Crippen LogP contribution in [0.25, 0.3) is 22.0 Å². The number of benzene rings is 3. The molecule has 49 heavy (non-hydrogen) atoms. The number of ether oxygens (including phenoxy) is 1. The van der Waals surface area contributed by atoms with Crippen molar-refractivity contribution in [3.8, 4) is 16.9 Å². The van der Waals surface area contributed by atoms with Gasteiger partial charge in [0, 0.05) is 74.0 Å². The standard InChI is InChI=1S/C36H38F4N6O3/c37-30-15-26(42-31-8-11-34(47)43-35(31)48)5-10-33(30)46-19-24-17-44(18-25(24)20-46)16-22-2-9-32-28(14-22)29(21-45(32)13-1-12-41)23-3-6-27(7-4-23)49-36(38,39)40/h2-7,9-10,14-15,21,24-25,31,42H,1,8,11-13,16-20,41H2,(H,43,47,48). The molecule has 3 unspecified atom stereocenters. The van der Waals surface area contributed by atoms with Gasteiger partial charge in [0.15, 0.2) is 0 Å². The highest BCUT2D eigenvalue weighted by atomic mass is 19.4. The van der Waals surface area contributed by atoms with Crippen LogP contribution in [0, 0.1) is 17.7 Å². The van der Waals surface area contributed by atoms with Crippen LogP contribution in [0.1, 0.15) is 24.8 Å². The monoisotopic (exact) mass is 678 g/mol. The summed E-state index contributed by atoms with van der Waals surface area (Å²) in [4.78, 5) is 28.1. The number of nitrogens with one attached hydrogen (secondary N) is 2. The average Bonchev–Trinajstić information content (AvgIpc) is 3.73. The maximum absolute atomic E-state index is 15.3. The Hall–Kier alpha value is -4.62. The van der Waals surface area contributed by atoms with Crippen LogP contribution in [0.3, 0.4) is 0 Å². The molecule has 3 fully saturated rings. The van der Waals surface area contributed by atoms with E-state index in [2.05, 4.69) is 47.9 Å². The normalized spacial score (nSPS) is 21.3. The molecular formula is C36H38F4N6O3. The van der Waals surface area contributed by atoms with Crippen molar-refractivity contribution >= 4 is 34.1 Å². The summed E-state index contributed by atoms with van der Waals surface area (Å²) in [6, 6.07) is 16.7. The van der Waals surface area contributed by atoms with E-state index in [1.165, 1.54) is 18.2 Å². The molecule has 0 saturated carbocycles. The van der Waals surface area contributed by atoms with Crippen LogP contribution in [0.4, 0.5) is 28.9 Å². The molecule has 3 saturated heterocycles. The highest BCUT2D eigenvalue weighted by Crippen LogP contribution is 2.38. The molecule has 9 nitrogen and oxygen atoms in total. The highest BCUT2D eigenvalue weighted by Gasteiger charge is 2.40. The van der Waals surface area contributed by atoms with E-state index in [4.69, 9.17) is 5.73 Å². The number of nitrogens with zero attached hydrogens (tertiary/aromatic N) is 3. The number of carbonyl (C=O) groups is 2. The molecule has 4 heterocycles. The zero-order chi connectivity index (χ0) is 34.3. The first kappa shape index (κ1) is 32.9. The van der Waals surface area contributed by atoms with Crippen LogP contribution in [0.2, 0.25) is 0 Å². The number of carbonyl (C=O) groups excluding carboxylic acids is 2. The summed E-state index contributed by atoms with van der Waals surface area (Å²) in [6.07, 6.45) is -1.30. The average molecular weight is 679 g/mol. The van der Waals surface area contributed by atoms with Gasteiger partial charge in [-0.1, -0.05) is 18.2 Å². The Morgan fingerprint density at radius 3 is 2.39 bits per heavy atom. The molecular weight excluding hydrogens is 640 g/mol. The Bertz CT molecular complexity index is 1850. The Kier molecular flexibility index (Phi) is 8.97. The van der Waals surface area contributed by atoms with E-state index in [0.717, 1.165) is 73.3 Å². The number of anilines is 2. The van der Waals surface area contributed by atoms with Crippen molar-refractivity contribution in [2.45, 2.75) is 44.8 Å². The zero-order valence-corrected chi connectivity index (χ0v) is 26.8. The number of aromatic nitrogens is 1. The molecule has 4 N–H and O–H groups in total. The minimum atomic E-state index is -4.75. The van der Waals surface area contributed by atoms with Gasteiger partial charge in [-0.15, -0.1) is 13.2 Å². The third-order valence-electron chi connectivity index (χ3n) is 9.78. The van der Waals surface area contributed by atoms with Crippen LogP contribution in [0.5, 0.6) is 5.75 Å². The first-order valence-electron chi connectivity index (χ1n) is 16.6. The summed E-state index contributed by atoms with van der Waals surface area (Å²) in [5.41, 5.74) is 10.7. The van der Waals surface area contributed by atoms with Crippen LogP contribution in [-0.2, 0) is 22.7 Å². The Morgan fingerprint density at radius 2 is 1.71 bits per heavy atom. The molecule has 7 rings (SSSR count). The van der Waals surface area contributed by atoms with Gasteiger partial charge in [-0.3, -0.25) is 19.8 Å². The molecule has 258 valence electrons. The van der Waals surface area contributed by atoms with E-state index in [1.807, 2.05) is 6.20 Å². The molecule has 13 heteroatoms. The molecule has 1 aromatic heterocycles. The number of alkyl halides is 3. The van der Waals surface area contributed by atoms with Crippen molar-refractivity contribution in [3.63, 3.8) is 0 Å². The van der Waals surface area contributed by atoms with Crippen molar-refractivity contribution < 1.29 is 31.9 Å². The van der Waals surface area contributed by atoms with Crippen molar-refractivity contribution in [1.82, 2.24) is 14.8 Å². The molecule has 0 radical (unpaired) electrons. The number of imide groups is 1. The number of hydrogen-bond donors (Lipinski definition) is 3. The molecule has 3 aromatic carbocycles. The lowest BCUT2D eigenvalue weighted by Crippen LogP contribution is -2.47. The molecule has 0 spiro atoms. The molecule has 3 aliphatic rings. The predicted octanol–water partition coefficient (Wildman–Crippen LogP) is 5.48. The van der Waals surface area contributed by atoms with E-state index in [1.54, 1.807) is 24.3 Å². The van der Waals surface area contributed by atoms with Gasteiger partial charge >= 0.3 is 6.36 Å². The predicted molar refractivity (Wildman–Crippen MR) is 178 cm³/mol. The SMILES string of the molecule is NCCCn1cc(-c2ccc(OC(F)(F)F)cc2)c2cc(CN3CC4CN(c5ccc(NC6CCC(=O)NC6=O)cc5F)CC4C3)ccc21. The van der Waals surface area contributed by atoms with E-state index < -0.39 is 18.3 Å². The van der Waals surface area contributed by atoms with Gasteiger partial charge in [0.1, 0.15) is 17.6 Å². The maximum Gasteiger partial charge on any atom is 0.573 e. The van der Waals surface area contributed by atoms with Crippen LogP contribution >= 0.6 is 0 Å².